The largest absolute Gasteiger partial charge is 0.483 e. The number of rotatable bonds is 4. The highest BCUT2D eigenvalue weighted by Gasteiger charge is 2.35. The van der Waals surface area contributed by atoms with Crippen molar-refractivity contribution in [2.45, 2.75) is 20.0 Å². The van der Waals surface area contributed by atoms with Crippen LogP contribution in [0.1, 0.15) is 17.0 Å². The SMILES string of the molecule is Cc1cccc(C)c1OCC(=O)Nc1n[nH]c(C(F)(F)F)n1. The Bertz CT molecular complexity index is 662. The quantitative estimate of drug-likeness (QED) is 0.908. The summed E-state index contributed by atoms with van der Waals surface area (Å²) in [6.45, 7) is 3.29. The summed E-state index contributed by atoms with van der Waals surface area (Å²) in [4.78, 5) is 14.8. The molecule has 0 unspecified atom stereocenters. The van der Waals surface area contributed by atoms with E-state index in [1.165, 1.54) is 0 Å². The average Bonchev–Trinajstić information content (AvgIpc) is 2.86. The number of para-hydroxylation sites is 1. The molecule has 1 amide bonds. The molecule has 0 aliphatic heterocycles. The highest BCUT2D eigenvalue weighted by molar-refractivity contribution is 5.90. The molecular weight excluding hydrogens is 301 g/mol. The lowest BCUT2D eigenvalue weighted by atomic mass is 10.1. The number of H-pyrrole nitrogens is 1. The molecule has 0 saturated heterocycles. The zero-order valence-electron chi connectivity index (χ0n) is 11.8. The standard InChI is InChI=1S/C13H13F3N4O2/c1-7-4-3-5-8(2)10(7)22-6-9(21)17-12-18-11(19-20-12)13(14,15)16/h3-5H,6H2,1-2H3,(H2,17,18,19,20,21). The van der Waals surface area contributed by atoms with E-state index in [0.717, 1.165) is 11.1 Å². The molecule has 1 aromatic heterocycles. The second kappa shape index (κ2) is 6.04. The number of aromatic amines is 1. The minimum atomic E-state index is -4.65. The maximum atomic E-state index is 12.3. The first kappa shape index (κ1) is 15.8. The molecule has 9 heteroatoms. The summed E-state index contributed by atoms with van der Waals surface area (Å²) < 4.78 is 42.4. The van der Waals surface area contributed by atoms with E-state index in [2.05, 4.69) is 15.4 Å². The number of anilines is 1. The van der Waals surface area contributed by atoms with Crippen LogP contribution in [-0.4, -0.2) is 27.7 Å². The van der Waals surface area contributed by atoms with Crippen LogP contribution in [-0.2, 0) is 11.0 Å². The van der Waals surface area contributed by atoms with Crippen molar-refractivity contribution < 1.29 is 22.7 Å². The Hall–Kier alpha value is -2.58. The third kappa shape index (κ3) is 3.74. The van der Waals surface area contributed by atoms with Crippen LogP contribution >= 0.6 is 0 Å². The van der Waals surface area contributed by atoms with Crippen LogP contribution in [0.5, 0.6) is 5.75 Å². The summed E-state index contributed by atoms with van der Waals surface area (Å²) >= 11 is 0. The van der Waals surface area contributed by atoms with Gasteiger partial charge in [0.25, 0.3) is 5.91 Å². The second-order valence-corrected chi connectivity index (χ2v) is 4.56. The lowest BCUT2D eigenvalue weighted by Crippen LogP contribution is -2.21. The number of nitrogens with zero attached hydrogens (tertiary/aromatic N) is 2. The molecule has 0 bridgehead atoms. The van der Waals surface area contributed by atoms with Crippen LogP contribution in [0.3, 0.4) is 0 Å². The summed E-state index contributed by atoms with van der Waals surface area (Å²) in [6, 6.07) is 5.50. The number of hydrogen-bond donors (Lipinski definition) is 2. The fraction of sp³-hybridized carbons (Fsp3) is 0.308. The molecule has 2 aromatic rings. The highest BCUT2D eigenvalue weighted by Crippen LogP contribution is 2.26. The van der Waals surface area contributed by atoms with Crippen LogP contribution in [0, 0.1) is 13.8 Å². The molecule has 2 rings (SSSR count). The zero-order chi connectivity index (χ0) is 16.3. The topological polar surface area (TPSA) is 79.9 Å². The van der Waals surface area contributed by atoms with Crippen molar-refractivity contribution in [1.82, 2.24) is 15.2 Å². The number of nitrogens with one attached hydrogen (secondary N) is 2. The summed E-state index contributed by atoms with van der Waals surface area (Å²) in [7, 11) is 0. The number of ether oxygens (including phenoxy) is 1. The van der Waals surface area contributed by atoms with Crippen molar-refractivity contribution in [2.24, 2.45) is 0 Å². The van der Waals surface area contributed by atoms with Gasteiger partial charge in [-0.1, -0.05) is 18.2 Å². The molecule has 22 heavy (non-hydrogen) atoms. The number of aryl methyl sites for hydroxylation is 2. The van der Waals surface area contributed by atoms with Gasteiger partial charge < -0.3 is 4.74 Å². The Kier molecular flexibility index (Phi) is 4.34. The van der Waals surface area contributed by atoms with E-state index in [1.807, 2.05) is 32.0 Å². The number of amides is 1. The zero-order valence-corrected chi connectivity index (χ0v) is 11.8. The maximum Gasteiger partial charge on any atom is 0.451 e. The molecular formula is C13H13F3N4O2. The Morgan fingerprint density at radius 1 is 1.32 bits per heavy atom. The maximum absolute atomic E-state index is 12.3. The van der Waals surface area contributed by atoms with Crippen molar-refractivity contribution in [3.05, 3.63) is 35.2 Å². The molecule has 2 N–H and O–H groups in total. The lowest BCUT2D eigenvalue weighted by Gasteiger charge is -2.11. The number of aromatic nitrogens is 3. The first-order valence-electron chi connectivity index (χ1n) is 6.26. The van der Waals surface area contributed by atoms with Gasteiger partial charge in [0.05, 0.1) is 0 Å². The third-order valence-corrected chi connectivity index (χ3v) is 2.76. The Morgan fingerprint density at radius 2 is 1.95 bits per heavy atom. The fourth-order valence-corrected chi connectivity index (χ4v) is 1.77. The first-order chi connectivity index (χ1) is 10.3. The van der Waals surface area contributed by atoms with Crippen LogP contribution in [0.25, 0.3) is 0 Å². The van der Waals surface area contributed by atoms with E-state index < -0.39 is 23.9 Å². The molecule has 0 fully saturated rings. The van der Waals surface area contributed by atoms with Gasteiger partial charge in [-0.05, 0) is 25.0 Å². The number of carbonyl (C=O) groups is 1. The number of hydrogen-bond acceptors (Lipinski definition) is 4. The normalized spacial score (nSPS) is 11.3. The highest BCUT2D eigenvalue weighted by atomic mass is 19.4. The van der Waals surface area contributed by atoms with Gasteiger partial charge in [-0.25, -0.2) is 0 Å². The van der Waals surface area contributed by atoms with Crippen LogP contribution in [0.4, 0.5) is 19.1 Å². The summed E-state index contributed by atoms with van der Waals surface area (Å²) in [5.74, 6) is -1.83. The van der Waals surface area contributed by atoms with Gasteiger partial charge >= 0.3 is 6.18 Å². The number of benzene rings is 1. The molecule has 0 aliphatic rings. The molecule has 0 radical (unpaired) electrons. The molecule has 0 aliphatic carbocycles. The molecule has 0 atom stereocenters. The molecule has 118 valence electrons. The summed E-state index contributed by atoms with van der Waals surface area (Å²) in [6.07, 6.45) is -4.65. The monoisotopic (exact) mass is 314 g/mol. The molecule has 6 nitrogen and oxygen atoms in total. The van der Waals surface area contributed by atoms with Crippen molar-refractivity contribution in [3.8, 4) is 5.75 Å². The van der Waals surface area contributed by atoms with Crippen molar-refractivity contribution >= 4 is 11.9 Å². The van der Waals surface area contributed by atoms with Gasteiger partial charge in [-0.2, -0.15) is 18.2 Å². The fourth-order valence-electron chi connectivity index (χ4n) is 1.77. The van der Waals surface area contributed by atoms with E-state index >= 15 is 0 Å². The van der Waals surface area contributed by atoms with Crippen molar-refractivity contribution in [1.29, 1.82) is 0 Å². The van der Waals surface area contributed by atoms with E-state index in [1.54, 1.807) is 5.10 Å². The third-order valence-electron chi connectivity index (χ3n) is 2.76. The smallest absolute Gasteiger partial charge is 0.451 e. The lowest BCUT2D eigenvalue weighted by molar-refractivity contribution is -0.144. The van der Waals surface area contributed by atoms with Gasteiger partial charge in [0.2, 0.25) is 11.8 Å². The van der Waals surface area contributed by atoms with E-state index in [9.17, 15) is 18.0 Å². The number of alkyl halides is 3. The minimum absolute atomic E-state index is 0.360. The van der Waals surface area contributed by atoms with Gasteiger partial charge in [0, 0.05) is 0 Å². The minimum Gasteiger partial charge on any atom is -0.483 e. The Labute approximate surface area is 123 Å². The predicted molar refractivity (Wildman–Crippen MR) is 71.4 cm³/mol. The van der Waals surface area contributed by atoms with Crippen LogP contribution in [0.15, 0.2) is 18.2 Å². The predicted octanol–water partition coefficient (Wildman–Crippen LogP) is 2.46. The van der Waals surface area contributed by atoms with Crippen LogP contribution < -0.4 is 10.1 Å². The number of halogens is 3. The van der Waals surface area contributed by atoms with E-state index in [0.29, 0.717) is 5.75 Å². The van der Waals surface area contributed by atoms with Gasteiger partial charge in [-0.3, -0.25) is 15.2 Å². The summed E-state index contributed by atoms with van der Waals surface area (Å²) in [5.41, 5.74) is 1.70. The Morgan fingerprint density at radius 3 is 2.50 bits per heavy atom. The van der Waals surface area contributed by atoms with Crippen molar-refractivity contribution in [2.75, 3.05) is 11.9 Å². The molecule has 0 spiro atoms. The number of carbonyl (C=O) groups excluding carboxylic acids is 1. The second-order valence-electron chi connectivity index (χ2n) is 4.56. The molecule has 1 heterocycles. The van der Waals surface area contributed by atoms with Gasteiger partial charge in [0.15, 0.2) is 6.61 Å². The van der Waals surface area contributed by atoms with E-state index in [-0.39, 0.29) is 6.61 Å². The van der Waals surface area contributed by atoms with Crippen LogP contribution in [0.2, 0.25) is 0 Å². The summed E-state index contributed by atoms with van der Waals surface area (Å²) in [5, 5.41) is 7.10. The van der Waals surface area contributed by atoms with Gasteiger partial charge in [-0.15, -0.1) is 5.10 Å². The average molecular weight is 314 g/mol. The Balaban J connectivity index is 1.95. The first-order valence-corrected chi connectivity index (χ1v) is 6.26. The van der Waals surface area contributed by atoms with E-state index in [4.69, 9.17) is 4.74 Å². The van der Waals surface area contributed by atoms with Crippen molar-refractivity contribution in [3.63, 3.8) is 0 Å². The molecule has 1 aromatic carbocycles. The van der Waals surface area contributed by atoms with Gasteiger partial charge in [0.1, 0.15) is 5.75 Å². The molecule has 0 saturated carbocycles.